The van der Waals surface area contributed by atoms with Gasteiger partial charge in [-0.3, -0.25) is 0 Å². The zero-order valence-electron chi connectivity index (χ0n) is 17.5. The van der Waals surface area contributed by atoms with Crippen LogP contribution in [-0.4, -0.2) is 39.0 Å². The molecule has 0 saturated carbocycles. The van der Waals surface area contributed by atoms with E-state index in [1.54, 1.807) is 0 Å². The monoisotopic (exact) mass is 420 g/mol. The van der Waals surface area contributed by atoms with E-state index in [-0.39, 0.29) is 0 Å². The van der Waals surface area contributed by atoms with Crippen LogP contribution in [0.5, 0.6) is 0 Å². The van der Waals surface area contributed by atoms with E-state index in [9.17, 15) is 4.79 Å². The average Bonchev–Trinajstić information content (AvgIpc) is 3.00. The molecule has 0 amide bonds. The van der Waals surface area contributed by atoms with Gasteiger partial charge in [0.25, 0.3) is 0 Å². The van der Waals surface area contributed by atoms with E-state index in [1.165, 1.54) is 0 Å². The smallest absolute Gasteiger partial charge is 0.342 e. The van der Waals surface area contributed by atoms with Gasteiger partial charge in [0.05, 0.1) is 11.1 Å². The molecule has 2 aliphatic rings. The van der Waals surface area contributed by atoms with Gasteiger partial charge < -0.3 is 19.3 Å². The highest BCUT2D eigenvalue weighted by molar-refractivity contribution is 7.80. The molecule has 1 heterocycles. The van der Waals surface area contributed by atoms with E-state index in [0.717, 1.165) is 21.8 Å². The van der Waals surface area contributed by atoms with Crippen molar-refractivity contribution in [1.82, 2.24) is 0 Å². The summed E-state index contributed by atoms with van der Waals surface area (Å²) in [4.78, 5) is 17.7. The summed E-state index contributed by atoms with van der Waals surface area (Å²) in [6.45, 7) is 0. The Kier molecular flexibility index (Phi) is 5.12. The molecule has 30 heavy (non-hydrogen) atoms. The van der Waals surface area contributed by atoms with Gasteiger partial charge in [-0.15, -0.1) is 0 Å². The fourth-order valence-electron chi connectivity index (χ4n) is 3.62. The predicted molar refractivity (Wildman–Crippen MR) is 123 cm³/mol. The van der Waals surface area contributed by atoms with Gasteiger partial charge >= 0.3 is 11.8 Å². The van der Waals surface area contributed by atoms with Crippen LogP contribution in [0.15, 0.2) is 66.5 Å². The molecule has 1 aliphatic carbocycles. The molecular weight excluding hydrogens is 396 g/mol. The van der Waals surface area contributed by atoms with E-state index in [1.807, 2.05) is 98.7 Å². The number of fused-ring (bicyclic) bond motifs is 1. The van der Waals surface area contributed by atoms with Gasteiger partial charge in [0.15, 0.2) is 0 Å². The molecule has 6 heteroatoms. The van der Waals surface area contributed by atoms with Crippen molar-refractivity contribution in [3.63, 3.8) is 0 Å². The second-order valence-corrected chi connectivity index (χ2v) is 8.32. The van der Waals surface area contributed by atoms with Crippen LogP contribution < -0.4 is 9.80 Å². The quantitative estimate of drug-likeness (QED) is 0.527. The number of hydrogen-bond donors (Lipinski definition) is 0. The second kappa shape index (κ2) is 7.61. The number of hydrogen-bond acceptors (Lipinski definition) is 6. The first-order chi connectivity index (χ1) is 14.3. The van der Waals surface area contributed by atoms with Crippen molar-refractivity contribution in [2.75, 3.05) is 38.0 Å². The molecule has 0 N–H and O–H groups in total. The van der Waals surface area contributed by atoms with Crippen molar-refractivity contribution in [2.45, 2.75) is 12.2 Å². The Morgan fingerprint density at radius 3 is 2.30 bits per heavy atom. The molecule has 1 aliphatic heterocycles. The molecule has 2 aromatic carbocycles. The zero-order chi connectivity index (χ0) is 21.5. The molecule has 0 bridgehead atoms. The molecular formula is C24H24N2O3S. The summed E-state index contributed by atoms with van der Waals surface area (Å²) in [6.07, 6.45) is 6.33. The average molecular weight is 421 g/mol. The molecule has 0 fully saturated rings. The third-order valence-electron chi connectivity index (χ3n) is 5.26. The van der Waals surface area contributed by atoms with E-state index < -0.39 is 11.8 Å². The molecule has 154 valence electrons. The molecule has 0 radical (unpaired) electrons. The van der Waals surface area contributed by atoms with Crippen molar-refractivity contribution in [2.24, 2.45) is 0 Å². The van der Waals surface area contributed by atoms with Crippen molar-refractivity contribution < 1.29 is 14.3 Å². The van der Waals surface area contributed by atoms with Gasteiger partial charge in [0.1, 0.15) is 5.76 Å². The van der Waals surface area contributed by atoms with E-state index in [0.29, 0.717) is 23.3 Å². The molecule has 5 nitrogen and oxygen atoms in total. The number of anilines is 2. The summed E-state index contributed by atoms with van der Waals surface area (Å²) in [6, 6.07) is 13.5. The summed E-state index contributed by atoms with van der Waals surface area (Å²) < 4.78 is 12.4. The lowest BCUT2D eigenvalue weighted by molar-refractivity contribution is -0.143. The Hall–Kier alpha value is -3.12. The Morgan fingerprint density at radius 1 is 1.00 bits per heavy atom. The minimum Gasteiger partial charge on any atom is -0.444 e. The number of rotatable bonds is 5. The number of esters is 1. The molecule has 0 aromatic heterocycles. The van der Waals surface area contributed by atoms with Crippen molar-refractivity contribution in [3.8, 4) is 0 Å². The summed E-state index contributed by atoms with van der Waals surface area (Å²) in [5.74, 6) is -1.21. The Balaban J connectivity index is 1.87. The van der Waals surface area contributed by atoms with Crippen LogP contribution in [0, 0.1) is 0 Å². The predicted octanol–water partition coefficient (Wildman–Crippen LogP) is 4.42. The number of ether oxygens (including phenoxy) is 2. The van der Waals surface area contributed by atoms with E-state index in [4.69, 9.17) is 21.7 Å². The summed E-state index contributed by atoms with van der Waals surface area (Å²) in [7, 11) is 7.83. The lowest BCUT2D eigenvalue weighted by atomic mass is 9.94. The molecule has 4 rings (SSSR count). The molecule has 2 aromatic rings. The largest absolute Gasteiger partial charge is 0.444 e. The topological polar surface area (TPSA) is 42.0 Å². The maximum Gasteiger partial charge on any atom is 0.342 e. The third-order valence-corrected chi connectivity index (χ3v) is 5.54. The van der Waals surface area contributed by atoms with Crippen LogP contribution in [0.3, 0.4) is 0 Å². The van der Waals surface area contributed by atoms with E-state index >= 15 is 0 Å². The number of carbonyl (C=O) groups excluding carboxylic acids is 1. The Labute approximate surface area is 182 Å². The van der Waals surface area contributed by atoms with E-state index in [2.05, 4.69) is 0 Å². The lowest BCUT2D eigenvalue weighted by Gasteiger charge is -2.31. The Bertz CT molecular complexity index is 1070. The summed E-state index contributed by atoms with van der Waals surface area (Å²) in [5.41, 5.74) is 3.88. The molecule has 0 spiro atoms. The van der Waals surface area contributed by atoms with Gasteiger partial charge in [-0.1, -0.05) is 18.3 Å². The number of allylic oxidation sites excluding steroid dienone is 3. The van der Waals surface area contributed by atoms with Crippen LogP contribution in [-0.2, 0) is 15.3 Å². The first kappa shape index (κ1) is 20.2. The molecule has 1 unspecified atom stereocenters. The first-order valence-corrected chi connectivity index (χ1v) is 10.1. The first-order valence-electron chi connectivity index (χ1n) is 9.73. The number of nitrogens with zero attached hydrogens (tertiary/aromatic N) is 2. The maximum absolute atomic E-state index is 12.9. The SMILES string of the molecule is CN(C)c1ccc(C2(OC3=CC(=S)CC=C3)OC(=O)c3cc(N(C)C)ccc32)cc1. The highest BCUT2D eigenvalue weighted by Crippen LogP contribution is 2.46. The van der Waals surface area contributed by atoms with Crippen LogP contribution in [0.1, 0.15) is 27.9 Å². The Morgan fingerprint density at radius 2 is 1.67 bits per heavy atom. The molecule has 0 saturated heterocycles. The third kappa shape index (κ3) is 3.48. The number of benzene rings is 2. The number of carbonyl (C=O) groups is 1. The van der Waals surface area contributed by atoms with Gasteiger partial charge in [-0.25, -0.2) is 4.79 Å². The van der Waals surface area contributed by atoms with Gasteiger partial charge in [0.2, 0.25) is 0 Å². The van der Waals surface area contributed by atoms with Gasteiger partial charge in [-0.05, 0) is 54.6 Å². The zero-order valence-corrected chi connectivity index (χ0v) is 18.3. The van der Waals surface area contributed by atoms with Crippen LogP contribution >= 0.6 is 12.2 Å². The molecule has 1 atom stereocenters. The highest BCUT2D eigenvalue weighted by atomic mass is 32.1. The van der Waals surface area contributed by atoms with Crippen molar-refractivity contribution >= 4 is 34.4 Å². The summed E-state index contributed by atoms with van der Waals surface area (Å²) >= 11 is 5.34. The van der Waals surface area contributed by atoms with Crippen LogP contribution in [0.2, 0.25) is 0 Å². The van der Waals surface area contributed by atoms with Crippen LogP contribution in [0.25, 0.3) is 0 Å². The fraction of sp³-hybridized carbons (Fsp3) is 0.250. The number of cyclic esters (lactones) is 1. The highest BCUT2D eigenvalue weighted by Gasteiger charge is 2.50. The number of thiocarbonyl (C=S) groups is 1. The minimum atomic E-state index is -1.37. The van der Waals surface area contributed by atoms with Gasteiger partial charge in [-0.2, -0.15) is 0 Å². The van der Waals surface area contributed by atoms with Crippen molar-refractivity contribution in [3.05, 3.63) is 83.1 Å². The maximum atomic E-state index is 12.9. The van der Waals surface area contributed by atoms with Crippen LogP contribution in [0.4, 0.5) is 11.4 Å². The van der Waals surface area contributed by atoms with Crippen molar-refractivity contribution in [1.29, 1.82) is 0 Å². The fourth-order valence-corrected chi connectivity index (χ4v) is 3.83. The normalized spacial score (nSPS) is 19.8. The second-order valence-electron chi connectivity index (χ2n) is 7.79. The lowest BCUT2D eigenvalue weighted by Crippen LogP contribution is -2.31. The summed E-state index contributed by atoms with van der Waals surface area (Å²) in [5, 5.41) is 0. The minimum absolute atomic E-state index is 0.409. The van der Waals surface area contributed by atoms with Gasteiger partial charge in [0, 0.05) is 56.4 Å². The standard InChI is InChI=1S/C24H24N2O3S/c1-25(2)17-10-8-16(9-11-17)24(28-19-6-5-7-20(30)15-19)22-13-12-18(26(3)4)14-21(22)23(27)29-24/h5-6,8-15H,7H2,1-4H3.